The van der Waals surface area contributed by atoms with Gasteiger partial charge in [0.15, 0.2) is 0 Å². The summed E-state index contributed by atoms with van der Waals surface area (Å²) < 4.78 is 0. The van der Waals surface area contributed by atoms with Crippen molar-refractivity contribution in [2.75, 3.05) is 0 Å². The molecule has 0 bridgehead atoms. The van der Waals surface area contributed by atoms with E-state index in [4.69, 9.17) is 10.2 Å². The largest absolute Gasteiger partial charge is 0.508 e. The van der Waals surface area contributed by atoms with Crippen LogP contribution >= 0.6 is 0 Å². The fourth-order valence-corrected chi connectivity index (χ4v) is 3.26. The highest BCUT2D eigenvalue weighted by atomic mass is 16.4. The van der Waals surface area contributed by atoms with Crippen LogP contribution in [0.25, 0.3) is 0 Å². The number of rotatable bonds is 13. The fraction of sp³-hybridized carbons (Fsp3) is 0.652. The highest BCUT2D eigenvalue weighted by Gasteiger charge is 2.27. The summed E-state index contributed by atoms with van der Waals surface area (Å²) in [7, 11) is 0. The third-order valence-electron chi connectivity index (χ3n) is 5.73. The number of carboxylic acid groups (broad SMARTS) is 2. The van der Waals surface area contributed by atoms with Crippen LogP contribution in [0.2, 0.25) is 0 Å². The zero-order valence-electron chi connectivity index (χ0n) is 18.1. The number of carbonyl (C=O) groups is 2. The van der Waals surface area contributed by atoms with E-state index in [1.807, 2.05) is 0 Å². The maximum Gasteiger partial charge on any atom is 0.309 e. The molecule has 4 N–H and O–H groups in total. The van der Waals surface area contributed by atoms with Crippen molar-refractivity contribution in [3.05, 3.63) is 23.3 Å². The summed E-state index contributed by atoms with van der Waals surface area (Å²) in [5.74, 6) is -1.41. The molecule has 0 aliphatic rings. The van der Waals surface area contributed by atoms with Crippen LogP contribution in [0, 0.1) is 10.8 Å². The number of hydrogen-bond donors (Lipinski definition) is 4. The molecule has 6 heteroatoms. The van der Waals surface area contributed by atoms with Crippen LogP contribution in [0.1, 0.15) is 83.8 Å². The number of carboxylic acids is 2. The molecule has 164 valence electrons. The number of phenols is 2. The summed E-state index contributed by atoms with van der Waals surface area (Å²) in [5, 5.41) is 39.0. The van der Waals surface area contributed by atoms with Gasteiger partial charge in [-0.15, -0.1) is 0 Å². The topological polar surface area (TPSA) is 115 Å². The number of phenolic OH excluding ortho intramolecular Hbond substituents is 2. The molecule has 0 heterocycles. The molecule has 0 aromatic heterocycles. The van der Waals surface area contributed by atoms with Crippen LogP contribution in [-0.2, 0) is 22.4 Å². The third-order valence-corrected chi connectivity index (χ3v) is 5.73. The van der Waals surface area contributed by atoms with Crippen molar-refractivity contribution in [3.63, 3.8) is 0 Å². The van der Waals surface area contributed by atoms with Crippen LogP contribution in [-0.4, -0.2) is 32.4 Å². The van der Waals surface area contributed by atoms with Crippen molar-refractivity contribution in [1.82, 2.24) is 0 Å². The van der Waals surface area contributed by atoms with Crippen molar-refractivity contribution in [3.8, 4) is 11.5 Å². The molecule has 0 unspecified atom stereocenters. The van der Waals surface area contributed by atoms with E-state index in [9.17, 15) is 19.8 Å². The molecule has 0 radical (unpaired) electrons. The number of aryl methyl sites for hydroxylation is 1. The van der Waals surface area contributed by atoms with Crippen molar-refractivity contribution >= 4 is 11.9 Å². The van der Waals surface area contributed by atoms with Gasteiger partial charge >= 0.3 is 11.9 Å². The van der Waals surface area contributed by atoms with Gasteiger partial charge in [0.25, 0.3) is 0 Å². The first-order chi connectivity index (χ1) is 13.4. The van der Waals surface area contributed by atoms with Gasteiger partial charge in [-0.3, -0.25) is 9.59 Å². The van der Waals surface area contributed by atoms with E-state index < -0.39 is 22.8 Å². The molecule has 0 saturated heterocycles. The minimum absolute atomic E-state index is 0.0733. The number of aromatic hydroxyl groups is 2. The quantitative estimate of drug-likeness (QED) is 0.336. The number of aliphatic carboxylic acids is 2. The minimum atomic E-state index is -0.806. The summed E-state index contributed by atoms with van der Waals surface area (Å²) in [4.78, 5) is 22.3. The lowest BCUT2D eigenvalue weighted by molar-refractivity contribution is -0.148. The zero-order valence-corrected chi connectivity index (χ0v) is 18.1. The van der Waals surface area contributed by atoms with Gasteiger partial charge in [-0.2, -0.15) is 0 Å². The second kappa shape index (κ2) is 10.5. The minimum Gasteiger partial charge on any atom is -0.508 e. The van der Waals surface area contributed by atoms with Gasteiger partial charge in [-0.1, -0.05) is 25.3 Å². The maximum absolute atomic E-state index is 11.2. The molecule has 0 amide bonds. The van der Waals surface area contributed by atoms with Gasteiger partial charge in [0.1, 0.15) is 11.5 Å². The molecule has 1 rings (SSSR count). The Labute approximate surface area is 173 Å². The molecule has 6 nitrogen and oxygen atoms in total. The Morgan fingerprint density at radius 3 is 1.76 bits per heavy atom. The second-order valence-electron chi connectivity index (χ2n) is 9.22. The van der Waals surface area contributed by atoms with Crippen molar-refractivity contribution in [2.24, 2.45) is 10.8 Å². The van der Waals surface area contributed by atoms with Gasteiger partial charge in [-0.05, 0) is 77.8 Å². The summed E-state index contributed by atoms with van der Waals surface area (Å²) >= 11 is 0. The zero-order chi connectivity index (χ0) is 22.2. The fourth-order valence-electron chi connectivity index (χ4n) is 3.26. The van der Waals surface area contributed by atoms with Gasteiger partial charge < -0.3 is 20.4 Å². The molecule has 0 atom stereocenters. The summed E-state index contributed by atoms with van der Waals surface area (Å²) in [6, 6.07) is 3.31. The number of unbranched alkanes of at least 4 members (excludes halogenated alkanes) is 3. The van der Waals surface area contributed by atoms with Gasteiger partial charge in [0.05, 0.1) is 10.8 Å². The Hall–Kier alpha value is -2.24. The van der Waals surface area contributed by atoms with Gasteiger partial charge in [-0.25, -0.2) is 0 Å². The molecule has 1 aromatic carbocycles. The van der Waals surface area contributed by atoms with E-state index in [2.05, 4.69) is 0 Å². The SMILES string of the molecule is CC(C)(CCCCCc1c(O)ccc(CCCCC(C)(C)C(=O)O)c1O)C(=O)O. The molecule has 0 saturated carbocycles. The molecule has 0 spiro atoms. The number of benzene rings is 1. The molecular formula is C23H36O6. The van der Waals surface area contributed by atoms with Gasteiger partial charge in [0, 0.05) is 5.56 Å². The van der Waals surface area contributed by atoms with Crippen molar-refractivity contribution in [1.29, 1.82) is 0 Å². The van der Waals surface area contributed by atoms with Crippen LogP contribution in [0.3, 0.4) is 0 Å². The van der Waals surface area contributed by atoms with E-state index in [1.54, 1.807) is 39.8 Å². The highest BCUT2D eigenvalue weighted by Crippen LogP contribution is 2.34. The van der Waals surface area contributed by atoms with Crippen LogP contribution in [0.15, 0.2) is 12.1 Å². The average Bonchev–Trinajstić information content (AvgIpc) is 2.62. The standard InChI is InChI=1S/C23H36O6/c1-22(2,20(26)27)14-8-5-6-11-17-18(24)13-12-16(19(17)25)10-7-9-15-23(3,4)21(28)29/h12-13,24-25H,5-11,14-15H2,1-4H3,(H,26,27)(H,28,29). The first kappa shape index (κ1) is 24.8. The van der Waals surface area contributed by atoms with Gasteiger partial charge in [0.2, 0.25) is 0 Å². The monoisotopic (exact) mass is 408 g/mol. The van der Waals surface area contributed by atoms with E-state index in [-0.39, 0.29) is 11.5 Å². The van der Waals surface area contributed by atoms with E-state index in [1.165, 1.54) is 0 Å². The lowest BCUT2D eigenvalue weighted by atomic mass is 9.86. The Kier molecular flexibility index (Phi) is 8.99. The molecule has 0 aliphatic carbocycles. The van der Waals surface area contributed by atoms with E-state index >= 15 is 0 Å². The predicted octanol–water partition coefficient (Wildman–Crippen LogP) is 5.14. The Morgan fingerprint density at radius 1 is 0.759 bits per heavy atom. The molecule has 0 fully saturated rings. The summed E-state index contributed by atoms with van der Waals surface area (Å²) in [6.07, 6.45) is 6.19. The maximum atomic E-state index is 11.2. The average molecular weight is 409 g/mol. The second-order valence-corrected chi connectivity index (χ2v) is 9.22. The molecule has 0 aliphatic heterocycles. The first-order valence-corrected chi connectivity index (χ1v) is 10.4. The lowest BCUT2D eigenvalue weighted by Gasteiger charge is -2.19. The van der Waals surface area contributed by atoms with Crippen LogP contribution < -0.4 is 0 Å². The molecular weight excluding hydrogens is 372 g/mol. The summed E-state index contributed by atoms with van der Waals surface area (Å²) in [5.41, 5.74) is -0.194. The van der Waals surface area contributed by atoms with Crippen molar-refractivity contribution < 1.29 is 30.0 Å². The lowest BCUT2D eigenvalue weighted by Crippen LogP contribution is -2.23. The molecule has 1 aromatic rings. The Balaban J connectivity index is 2.54. The van der Waals surface area contributed by atoms with E-state index in [0.717, 1.165) is 37.7 Å². The van der Waals surface area contributed by atoms with Crippen molar-refractivity contribution in [2.45, 2.75) is 85.5 Å². The van der Waals surface area contributed by atoms with Crippen LogP contribution in [0.4, 0.5) is 0 Å². The first-order valence-electron chi connectivity index (χ1n) is 10.4. The Morgan fingerprint density at radius 2 is 1.24 bits per heavy atom. The van der Waals surface area contributed by atoms with Crippen LogP contribution in [0.5, 0.6) is 11.5 Å². The van der Waals surface area contributed by atoms with E-state index in [0.29, 0.717) is 31.2 Å². The smallest absolute Gasteiger partial charge is 0.309 e. The normalized spacial score (nSPS) is 12.1. The molecule has 29 heavy (non-hydrogen) atoms. The number of hydrogen-bond acceptors (Lipinski definition) is 4. The Bertz CT molecular complexity index is 706. The summed E-state index contributed by atoms with van der Waals surface area (Å²) in [6.45, 7) is 6.86. The predicted molar refractivity (Wildman–Crippen MR) is 112 cm³/mol. The highest BCUT2D eigenvalue weighted by molar-refractivity contribution is 5.73. The third kappa shape index (κ3) is 7.59.